The van der Waals surface area contributed by atoms with Crippen LogP contribution in [0.25, 0.3) is 0 Å². The highest BCUT2D eigenvalue weighted by molar-refractivity contribution is 4.97. The monoisotopic (exact) mass is 239 g/mol. The number of rotatable bonds is 5. The number of nitrogens with one attached hydrogen (secondary N) is 1. The van der Waals surface area contributed by atoms with Gasteiger partial charge in [-0.25, -0.2) is 0 Å². The van der Waals surface area contributed by atoms with E-state index in [4.69, 9.17) is 0 Å². The molecule has 3 heteroatoms. The van der Waals surface area contributed by atoms with E-state index in [0.29, 0.717) is 5.54 Å². The maximum absolute atomic E-state index is 3.79. The zero-order chi connectivity index (χ0) is 12.3. The van der Waals surface area contributed by atoms with Gasteiger partial charge in [-0.3, -0.25) is 4.90 Å². The molecule has 0 aromatic heterocycles. The first-order valence-electron chi connectivity index (χ1n) is 7.29. The molecule has 2 fully saturated rings. The molecule has 0 bridgehead atoms. The quantitative estimate of drug-likeness (QED) is 0.785. The summed E-state index contributed by atoms with van der Waals surface area (Å²) in [5.41, 5.74) is 0.440. The Morgan fingerprint density at radius 1 is 1.41 bits per heavy atom. The van der Waals surface area contributed by atoms with E-state index in [1.54, 1.807) is 0 Å². The molecule has 1 N–H and O–H groups in total. The molecule has 0 amide bonds. The van der Waals surface area contributed by atoms with Crippen LogP contribution in [0.1, 0.15) is 39.0 Å². The first-order valence-corrected chi connectivity index (χ1v) is 7.29. The fraction of sp³-hybridized carbons (Fsp3) is 1.00. The molecule has 0 aromatic carbocycles. The van der Waals surface area contributed by atoms with Gasteiger partial charge < -0.3 is 10.2 Å². The Morgan fingerprint density at radius 2 is 2.24 bits per heavy atom. The van der Waals surface area contributed by atoms with Crippen molar-refractivity contribution in [3.63, 3.8) is 0 Å². The molecule has 0 saturated carbocycles. The maximum atomic E-state index is 3.79. The molecule has 2 unspecified atom stereocenters. The number of hydrogen-bond donors (Lipinski definition) is 1. The van der Waals surface area contributed by atoms with Crippen molar-refractivity contribution in [2.24, 2.45) is 0 Å². The summed E-state index contributed by atoms with van der Waals surface area (Å²) in [6.07, 6.45) is 6.73. The lowest BCUT2D eigenvalue weighted by Gasteiger charge is -2.34. The third-order valence-corrected chi connectivity index (χ3v) is 4.56. The van der Waals surface area contributed by atoms with Crippen LogP contribution in [-0.4, -0.2) is 61.7 Å². The second kappa shape index (κ2) is 5.68. The Labute approximate surface area is 107 Å². The molecule has 2 rings (SSSR count). The predicted molar refractivity (Wildman–Crippen MR) is 73.4 cm³/mol. The van der Waals surface area contributed by atoms with Crippen LogP contribution in [0.2, 0.25) is 0 Å². The highest BCUT2D eigenvalue weighted by atomic mass is 15.2. The Morgan fingerprint density at radius 3 is 2.76 bits per heavy atom. The molecule has 0 radical (unpaired) electrons. The lowest BCUT2D eigenvalue weighted by molar-refractivity contribution is 0.198. The zero-order valence-corrected chi connectivity index (χ0v) is 11.8. The number of likely N-dealkylation sites (tertiary alicyclic amines) is 1. The fourth-order valence-corrected chi connectivity index (χ4v) is 3.58. The number of hydrogen-bond acceptors (Lipinski definition) is 3. The minimum Gasteiger partial charge on any atom is -0.310 e. The van der Waals surface area contributed by atoms with Crippen molar-refractivity contribution < 1.29 is 0 Å². The van der Waals surface area contributed by atoms with E-state index in [0.717, 1.165) is 6.04 Å². The van der Waals surface area contributed by atoms with E-state index in [1.807, 2.05) is 0 Å². The molecule has 2 heterocycles. The second-order valence-corrected chi connectivity index (χ2v) is 6.20. The van der Waals surface area contributed by atoms with Gasteiger partial charge in [-0.2, -0.15) is 0 Å². The van der Waals surface area contributed by atoms with Gasteiger partial charge in [-0.15, -0.1) is 0 Å². The van der Waals surface area contributed by atoms with E-state index in [-0.39, 0.29) is 0 Å². The summed E-state index contributed by atoms with van der Waals surface area (Å²) in [6, 6.07) is 0.773. The molecule has 100 valence electrons. The summed E-state index contributed by atoms with van der Waals surface area (Å²) in [5, 5.41) is 3.79. The van der Waals surface area contributed by atoms with Crippen LogP contribution in [0.15, 0.2) is 0 Å². The summed E-state index contributed by atoms with van der Waals surface area (Å²) in [4.78, 5) is 5.06. The largest absolute Gasteiger partial charge is 0.310 e. The SMILES string of the molecule is CCCC1(CN2CCC(N(C)C)C2)CCCN1. The lowest BCUT2D eigenvalue weighted by Crippen LogP contribution is -2.49. The van der Waals surface area contributed by atoms with Gasteiger partial charge in [0.05, 0.1) is 0 Å². The molecular formula is C14H29N3. The third kappa shape index (κ3) is 3.21. The van der Waals surface area contributed by atoms with Crippen LogP contribution in [0, 0.1) is 0 Å². The van der Waals surface area contributed by atoms with Gasteiger partial charge in [-0.05, 0) is 52.9 Å². The van der Waals surface area contributed by atoms with Crippen LogP contribution in [0.3, 0.4) is 0 Å². The number of likely N-dealkylation sites (N-methyl/N-ethyl adjacent to an activating group) is 1. The zero-order valence-electron chi connectivity index (χ0n) is 11.8. The Balaban J connectivity index is 1.87. The van der Waals surface area contributed by atoms with Gasteiger partial charge in [0, 0.05) is 24.7 Å². The van der Waals surface area contributed by atoms with Crippen molar-refractivity contribution in [3.8, 4) is 0 Å². The van der Waals surface area contributed by atoms with Crippen LogP contribution < -0.4 is 5.32 Å². The van der Waals surface area contributed by atoms with Gasteiger partial charge in [0.25, 0.3) is 0 Å². The first kappa shape index (κ1) is 13.3. The van der Waals surface area contributed by atoms with Crippen molar-refractivity contribution in [3.05, 3.63) is 0 Å². The van der Waals surface area contributed by atoms with E-state index in [9.17, 15) is 0 Å². The fourth-order valence-electron chi connectivity index (χ4n) is 3.58. The van der Waals surface area contributed by atoms with E-state index in [2.05, 4.69) is 36.1 Å². The third-order valence-electron chi connectivity index (χ3n) is 4.56. The molecule has 3 nitrogen and oxygen atoms in total. The van der Waals surface area contributed by atoms with Crippen molar-refractivity contribution in [1.82, 2.24) is 15.1 Å². The Bertz CT molecular complexity index is 234. The van der Waals surface area contributed by atoms with Crippen molar-refractivity contribution in [2.45, 2.75) is 50.6 Å². The molecular weight excluding hydrogens is 210 g/mol. The molecule has 0 aromatic rings. The Hall–Kier alpha value is -0.120. The molecule has 2 aliphatic heterocycles. The van der Waals surface area contributed by atoms with Crippen LogP contribution in [-0.2, 0) is 0 Å². The van der Waals surface area contributed by atoms with Gasteiger partial charge in [-0.1, -0.05) is 13.3 Å². The van der Waals surface area contributed by atoms with Gasteiger partial charge >= 0.3 is 0 Å². The van der Waals surface area contributed by atoms with Gasteiger partial charge in [0.15, 0.2) is 0 Å². The lowest BCUT2D eigenvalue weighted by atomic mass is 9.91. The highest BCUT2D eigenvalue weighted by Crippen LogP contribution is 2.27. The minimum absolute atomic E-state index is 0.440. The van der Waals surface area contributed by atoms with E-state index < -0.39 is 0 Å². The molecule has 2 atom stereocenters. The highest BCUT2D eigenvalue weighted by Gasteiger charge is 2.36. The number of nitrogens with zero attached hydrogens (tertiary/aromatic N) is 2. The summed E-state index contributed by atoms with van der Waals surface area (Å²) in [6.45, 7) is 7.36. The molecule has 17 heavy (non-hydrogen) atoms. The summed E-state index contributed by atoms with van der Waals surface area (Å²) >= 11 is 0. The maximum Gasteiger partial charge on any atom is 0.0309 e. The average Bonchev–Trinajstić information content (AvgIpc) is 2.89. The van der Waals surface area contributed by atoms with Crippen molar-refractivity contribution >= 4 is 0 Å². The van der Waals surface area contributed by atoms with E-state index in [1.165, 1.54) is 58.3 Å². The summed E-state index contributed by atoms with van der Waals surface area (Å²) in [5.74, 6) is 0. The molecule has 2 saturated heterocycles. The summed E-state index contributed by atoms with van der Waals surface area (Å²) in [7, 11) is 4.42. The Kier molecular flexibility index (Phi) is 4.45. The van der Waals surface area contributed by atoms with Gasteiger partial charge in [0.2, 0.25) is 0 Å². The molecule has 0 aliphatic carbocycles. The van der Waals surface area contributed by atoms with E-state index >= 15 is 0 Å². The molecule has 0 spiro atoms. The topological polar surface area (TPSA) is 18.5 Å². The smallest absolute Gasteiger partial charge is 0.0309 e. The minimum atomic E-state index is 0.440. The normalized spacial score (nSPS) is 34.9. The first-order chi connectivity index (χ1) is 8.15. The van der Waals surface area contributed by atoms with Gasteiger partial charge in [0.1, 0.15) is 0 Å². The summed E-state index contributed by atoms with van der Waals surface area (Å²) < 4.78 is 0. The molecule has 2 aliphatic rings. The van der Waals surface area contributed by atoms with Crippen molar-refractivity contribution in [1.29, 1.82) is 0 Å². The standard InChI is InChI=1S/C14H29N3/c1-4-7-14(8-5-9-15-14)12-17-10-6-13(11-17)16(2)3/h13,15H,4-12H2,1-3H3. The second-order valence-electron chi connectivity index (χ2n) is 6.20. The van der Waals surface area contributed by atoms with Crippen LogP contribution >= 0.6 is 0 Å². The van der Waals surface area contributed by atoms with Crippen LogP contribution in [0.4, 0.5) is 0 Å². The predicted octanol–water partition coefficient (Wildman–Crippen LogP) is 1.54. The van der Waals surface area contributed by atoms with Crippen molar-refractivity contribution in [2.75, 3.05) is 40.3 Å². The van der Waals surface area contributed by atoms with Crippen LogP contribution in [0.5, 0.6) is 0 Å². The average molecular weight is 239 g/mol.